The van der Waals surface area contributed by atoms with Gasteiger partial charge in [0, 0.05) is 5.92 Å². The Morgan fingerprint density at radius 3 is 1.94 bits per heavy atom. The molecule has 16 heteroatoms. The molecule has 0 aliphatic heterocycles. The topological polar surface area (TPSA) is 211 Å². The van der Waals surface area contributed by atoms with Gasteiger partial charge < -0.3 is 5.11 Å². The fourth-order valence-corrected chi connectivity index (χ4v) is 12.9. The van der Waals surface area contributed by atoms with Crippen molar-refractivity contribution in [3.63, 3.8) is 0 Å². The molecule has 0 amide bonds. The van der Waals surface area contributed by atoms with Gasteiger partial charge in [0.25, 0.3) is 0 Å². The van der Waals surface area contributed by atoms with Gasteiger partial charge in [0.05, 0.1) is 12.2 Å². The molecule has 0 aromatic heterocycles. The van der Waals surface area contributed by atoms with Gasteiger partial charge in [-0.05, 0) is 103 Å². The van der Waals surface area contributed by atoms with Crippen molar-refractivity contribution in [2.75, 3.05) is 0 Å². The highest BCUT2D eigenvalue weighted by molar-refractivity contribution is 7.81. The lowest BCUT2D eigenvalue weighted by Gasteiger charge is -2.63. The van der Waals surface area contributed by atoms with E-state index in [1.54, 1.807) is 6.92 Å². The molecule has 0 bridgehead atoms. The van der Waals surface area contributed by atoms with Crippen LogP contribution in [-0.2, 0) is 43.7 Å². The zero-order chi connectivity index (χ0) is 35.3. The second-order valence-corrected chi connectivity index (χ2v) is 19.5. The normalized spacial score (nSPS) is 45.9. The second-order valence-electron chi connectivity index (χ2n) is 16.4. The fraction of sp³-hybridized carbons (Fsp3) is 0.935. The van der Waals surface area contributed by atoms with E-state index in [2.05, 4.69) is 51.8 Å². The molecular weight excluding hydrogens is 677 g/mol. The van der Waals surface area contributed by atoms with E-state index in [4.69, 9.17) is 8.37 Å². The van der Waals surface area contributed by atoms with E-state index in [1.165, 1.54) is 12.8 Å². The van der Waals surface area contributed by atoms with Crippen molar-refractivity contribution < 1.29 is 56.6 Å². The monoisotopic (exact) mass is 728 g/mol. The SMILES string of the molecule is CC(C)[C@]1(CC[C@@H](C)[C@H]2CC[C@@]3(C)[C@@H]4C[C@H](OS(=O)(=O)O)[C@@H]5[C@@H](O)[C@H](OS(=O)(=O)O)[C@@H](OS(=O)(=O)O)C[C@]5(C)C4=CC[C@]23C)C[C@H]1C. The highest BCUT2D eigenvalue weighted by Crippen LogP contribution is 2.72. The number of aliphatic hydroxyl groups is 1. The minimum absolute atomic E-state index is 0.0620. The van der Waals surface area contributed by atoms with Crippen molar-refractivity contribution in [3.8, 4) is 0 Å². The van der Waals surface area contributed by atoms with E-state index in [-0.39, 0.29) is 29.6 Å². The zero-order valence-electron chi connectivity index (χ0n) is 28.2. The standard InChI is InChI=1S/C31H52O13S3/c1-17(2)31(15-19(31)4)13-8-18(3)20-9-11-30(7)22-14-23(42-45(33,34)35)25-26(32)27(44-47(39,40)41)24(43-46(36,37)38)16-28(25,5)21(22)10-12-29(20,30)6/h10,17-20,22-27,32H,8-9,11-16H2,1-7H3,(H,33,34,35)(H,36,37,38)(H,39,40,41)/t18-,19-,20-,22-,23+,24+,25-,26-,27-,28-,29-,30+,31+/m1/s1. The van der Waals surface area contributed by atoms with Crippen molar-refractivity contribution in [2.24, 2.45) is 57.2 Å². The van der Waals surface area contributed by atoms with Gasteiger partial charge >= 0.3 is 31.2 Å². The van der Waals surface area contributed by atoms with Crippen molar-refractivity contribution in [1.82, 2.24) is 0 Å². The lowest BCUT2D eigenvalue weighted by atomic mass is 9.43. The average Bonchev–Trinajstić information content (AvgIpc) is 3.47. The predicted molar refractivity (Wildman–Crippen MR) is 171 cm³/mol. The van der Waals surface area contributed by atoms with Crippen LogP contribution in [0.1, 0.15) is 99.8 Å². The lowest BCUT2D eigenvalue weighted by Crippen LogP contribution is -2.65. The van der Waals surface area contributed by atoms with E-state index in [0.29, 0.717) is 29.6 Å². The van der Waals surface area contributed by atoms with Gasteiger partial charge in [-0.2, -0.15) is 25.3 Å². The number of aliphatic hydroxyl groups excluding tert-OH is 1. The predicted octanol–water partition coefficient (Wildman–Crippen LogP) is 4.81. The first kappa shape index (κ1) is 37.6. The van der Waals surface area contributed by atoms with E-state index >= 15 is 0 Å². The van der Waals surface area contributed by atoms with Crippen LogP contribution in [0, 0.1) is 57.2 Å². The number of hydrogen-bond donors (Lipinski definition) is 4. The van der Waals surface area contributed by atoms with Crippen LogP contribution in [0.5, 0.6) is 0 Å². The number of rotatable bonds is 11. The Bertz CT molecular complexity index is 1590. The maximum Gasteiger partial charge on any atom is 0.397 e. The maximum absolute atomic E-state index is 12.2. The number of fused-ring (bicyclic) bond motifs is 5. The molecule has 4 N–H and O–H groups in total. The zero-order valence-corrected chi connectivity index (χ0v) is 30.6. The van der Waals surface area contributed by atoms with Crippen molar-refractivity contribution in [1.29, 1.82) is 0 Å². The summed E-state index contributed by atoms with van der Waals surface area (Å²) in [6.07, 6.45) is 0.617. The van der Waals surface area contributed by atoms with Gasteiger partial charge in [0.1, 0.15) is 12.2 Å². The summed E-state index contributed by atoms with van der Waals surface area (Å²) in [5.74, 6) is 0.588. The molecule has 0 spiro atoms. The van der Waals surface area contributed by atoms with Crippen LogP contribution in [0.4, 0.5) is 0 Å². The molecule has 0 aromatic carbocycles. The first-order chi connectivity index (χ1) is 21.3. The average molecular weight is 729 g/mol. The third-order valence-corrected chi connectivity index (χ3v) is 15.5. The maximum atomic E-state index is 12.2. The molecule has 0 saturated heterocycles. The van der Waals surface area contributed by atoms with Gasteiger partial charge in [0.15, 0.2) is 0 Å². The molecule has 4 saturated carbocycles. The Morgan fingerprint density at radius 2 is 1.43 bits per heavy atom. The van der Waals surface area contributed by atoms with Crippen LogP contribution in [0.15, 0.2) is 11.6 Å². The number of hydrogen-bond acceptors (Lipinski definition) is 10. The Morgan fingerprint density at radius 1 is 0.872 bits per heavy atom. The molecular formula is C31H52O13S3. The first-order valence-corrected chi connectivity index (χ1v) is 20.7. The van der Waals surface area contributed by atoms with Crippen molar-refractivity contribution in [3.05, 3.63) is 11.6 Å². The molecule has 0 aromatic rings. The molecule has 5 rings (SSSR count). The minimum atomic E-state index is -5.28. The third-order valence-electron chi connectivity index (χ3n) is 14.1. The van der Waals surface area contributed by atoms with Crippen molar-refractivity contribution in [2.45, 2.75) is 124 Å². The van der Waals surface area contributed by atoms with Gasteiger partial charge in [-0.1, -0.05) is 60.1 Å². The van der Waals surface area contributed by atoms with Gasteiger partial charge in [-0.15, -0.1) is 0 Å². The molecule has 0 unspecified atom stereocenters. The summed E-state index contributed by atoms with van der Waals surface area (Å²) in [5.41, 5.74) is -0.611. The number of allylic oxidation sites excluding steroid dienone is 2. The van der Waals surface area contributed by atoms with Crippen LogP contribution in [-0.4, -0.2) is 68.4 Å². The molecule has 4 fully saturated rings. The summed E-state index contributed by atoms with van der Waals surface area (Å²) < 4.78 is 115. The second kappa shape index (κ2) is 11.9. The molecule has 47 heavy (non-hydrogen) atoms. The van der Waals surface area contributed by atoms with E-state index in [0.717, 1.165) is 30.8 Å². The molecule has 5 aliphatic rings. The van der Waals surface area contributed by atoms with Gasteiger partial charge in [0.2, 0.25) is 0 Å². The van der Waals surface area contributed by atoms with Crippen LogP contribution in [0.3, 0.4) is 0 Å². The molecule has 272 valence electrons. The van der Waals surface area contributed by atoms with Crippen LogP contribution in [0.25, 0.3) is 0 Å². The summed E-state index contributed by atoms with van der Waals surface area (Å²) >= 11 is 0. The largest absolute Gasteiger partial charge is 0.397 e. The first-order valence-electron chi connectivity index (χ1n) is 16.6. The lowest BCUT2D eigenvalue weighted by molar-refractivity contribution is -0.179. The fourth-order valence-electron chi connectivity index (χ4n) is 11.4. The van der Waals surface area contributed by atoms with Crippen LogP contribution < -0.4 is 0 Å². The molecule has 5 aliphatic carbocycles. The Balaban J connectivity index is 1.54. The Kier molecular flexibility index (Phi) is 9.54. The van der Waals surface area contributed by atoms with Crippen molar-refractivity contribution >= 4 is 31.2 Å². The van der Waals surface area contributed by atoms with E-state index < -0.39 is 66.9 Å². The highest BCUT2D eigenvalue weighted by atomic mass is 32.3. The Hall–Kier alpha value is -0.690. The molecule has 0 heterocycles. The minimum Gasteiger partial charge on any atom is -0.390 e. The molecule has 13 atom stereocenters. The van der Waals surface area contributed by atoms with Crippen LogP contribution in [0.2, 0.25) is 0 Å². The quantitative estimate of drug-likeness (QED) is 0.166. The highest BCUT2D eigenvalue weighted by Gasteiger charge is 2.68. The summed E-state index contributed by atoms with van der Waals surface area (Å²) in [6, 6.07) is 0. The van der Waals surface area contributed by atoms with Crippen LogP contribution >= 0.6 is 0 Å². The molecule has 13 nitrogen and oxygen atoms in total. The molecule has 0 radical (unpaired) electrons. The summed E-state index contributed by atoms with van der Waals surface area (Å²) in [6.45, 7) is 15.4. The summed E-state index contributed by atoms with van der Waals surface area (Å²) in [5, 5.41) is 11.6. The smallest absolute Gasteiger partial charge is 0.390 e. The van der Waals surface area contributed by atoms with E-state index in [9.17, 15) is 44.0 Å². The van der Waals surface area contributed by atoms with Gasteiger partial charge in [-0.3, -0.25) is 13.7 Å². The Labute approximate surface area is 280 Å². The summed E-state index contributed by atoms with van der Waals surface area (Å²) in [4.78, 5) is 0. The van der Waals surface area contributed by atoms with Gasteiger partial charge in [-0.25, -0.2) is 12.5 Å². The third kappa shape index (κ3) is 6.62. The summed E-state index contributed by atoms with van der Waals surface area (Å²) in [7, 11) is -15.6. The van der Waals surface area contributed by atoms with E-state index in [1.807, 2.05) is 0 Å².